The Bertz CT molecular complexity index is 1310. The van der Waals surface area contributed by atoms with E-state index in [0.29, 0.717) is 29.9 Å². The number of para-hydroxylation sites is 1. The number of primary amides is 1. The van der Waals surface area contributed by atoms with Crippen molar-refractivity contribution < 1.29 is 9.59 Å². The Kier molecular flexibility index (Phi) is 5.95. The molecule has 0 spiro atoms. The molecule has 0 bridgehead atoms. The van der Waals surface area contributed by atoms with E-state index in [1.807, 2.05) is 65.6 Å². The van der Waals surface area contributed by atoms with Crippen molar-refractivity contribution in [3.8, 4) is 5.69 Å². The molecule has 0 aliphatic carbocycles. The lowest BCUT2D eigenvalue weighted by Gasteiger charge is -2.20. The van der Waals surface area contributed by atoms with E-state index in [2.05, 4.69) is 4.98 Å². The van der Waals surface area contributed by atoms with Crippen LogP contribution in [0.3, 0.4) is 0 Å². The second kappa shape index (κ2) is 9.35. The van der Waals surface area contributed by atoms with E-state index >= 15 is 0 Å². The molecule has 8 nitrogen and oxygen atoms in total. The average Bonchev–Trinajstić information content (AvgIpc) is 3.53. The molecule has 8 heteroatoms. The first kappa shape index (κ1) is 21.6. The molecule has 2 N–H and O–H groups in total. The molecule has 0 atom stereocenters. The molecule has 2 aromatic heterocycles. The fraction of sp³-hybridized carbons (Fsp3) is 0.231. The average molecular weight is 455 g/mol. The van der Waals surface area contributed by atoms with Crippen LogP contribution in [0.15, 0.2) is 73.1 Å². The van der Waals surface area contributed by atoms with Crippen LogP contribution in [0.5, 0.6) is 0 Å². The number of carbonyl (C=O) groups is 2. The highest BCUT2D eigenvalue weighted by Gasteiger charge is 2.27. The lowest BCUT2D eigenvalue weighted by Crippen LogP contribution is -2.37. The van der Waals surface area contributed by atoms with E-state index in [-0.39, 0.29) is 5.91 Å². The molecule has 1 aliphatic rings. The van der Waals surface area contributed by atoms with Gasteiger partial charge in [0.15, 0.2) is 0 Å². The Morgan fingerprint density at radius 3 is 2.41 bits per heavy atom. The first-order valence-corrected chi connectivity index (χ1v) is 11.4. The van der Waals surface area contributed by atoms with Crippen LogP contribution in [0.25, 0.3) is 16.6 Å². The number of aromatic nitrogens is 3. The van der Waals surface area contributed by atoms with Crippen LogP contribution in [0.1, 0.15) is 28.9 Å². The second-order valence-electron chi connectivity index (χ2n) is 8.39. The number of anilines is 1. The third-order valence-electron chi connectivity index (χ3n) is 6.20. The highest BCUT2D eigenvalue weighted by atomic mass is 16.2. The molecule has 0 radical (unpaired) electrons. The maximum absolute atomic E-state index is 13.5. The zero-order chi connectivity index (χ0) is 23.5. The van der Waals surface area contributed by atoms with Crippen molar-refractivity contribution in [3.05, 3.63) is 84.3 Å². The van der Waals surface area contributed by atoms with Crippen molar-refractivity contribution >= 4 is 28.5 Å². The Morgan fingerprint density at radius 2 is 1.71 bits per heavy atom. The van der Waals surface area contributed by atoms with Gasteiger partial charge in [0.1, 0.15) is 5.69 Å². The standard InChI is InChI=1S/C26H26N6O2/c27-26(34)31(17-12-19-10-13-28-14-11-19)21-8-9-22-23(18-21)29-32(20-6-2-1-3-7-20)24(22)25(33)30-15-4-5-16-30/h1-3,6-11,13-14,18H,4-5,12,15-17H2,(H2,27,34). The maximum Gasteiger partial charge on any atom is 0.319 e. The van der Waals surface area contributed by atoms with Crippen LogP contribution >= 0.6 is 0 Å². The Hall–Kier alpha value is -4.20. The number of fused-ring (bicyclic) bond motifs is 1. The number of likely N-dealkylation sites (tertiary alicyclic amines) is 1. The van der Waals surface area contributed by atoms with E-state index in [1.165, 1.54) is 4.90 Å². The minimum Gasteiger partial charge on any atom is -0.351 e. The largest absolute Gasteiger partial charge is 0.351 e. The first-order valence-electron chi connectivity index (χ1n) is 11.4. The van der Waals surface area contributed by atoms with E-state index in [0.717, 1.165) is 42.6 Å². The van der Waals surface area contributed by atoms with Gasteiger partial charge in [0.05, 0.1) is 11.2 Å². The number of hydrogen-bond donors (Lipinski definition) is 1. The lowest BCUT2D eigenvalue weighted by atomic mass is 10.1. The van der Waals surface area contributed by atoms with Gasteiger partial charge in [-0.25, -0.2) is 9.48 Å². The summed E-state index contributed by atoms with van der Waals surface area (Å²) in [7, 11) is 0. The zero-order valence-electron chi connectivity index (χ0n) is 18.8. The highest BCUT2D eigenvalue weighted by molar-refractivity contribution is 6.06. The predicted octanol–water partition coefficient (Wildman–Crippen LogP) is 3.78. The molecule has 34 heavy (non-hydrogen) atoms. The number of hydrogen-bond acceptors (Lipinski definition) is 4. The minimum absolute atomic E-state index is 0.0268. The van der Waals surface area contributed by atoms with Crippen LogP contribution in [-0.2, 0) is 6.42 Å². The third kappa shape index (κ3) is 4.22. The van der Waals surface area contributed by atoms with Crippen molar-refractivity contribution in [1.82, 2.24) is 19.7 Å². The van der Waals surface area contributed by atoms with Gasteiger partial charge in [-0.3, -0.25) is 14.7 Å². The maximum atomic E-state index is 13.5. The summed E-state index contributed by atoms with van der Waals surface area (Å²) < 4.78 is 1.71. The number of urea groups is 1. The van der Waals surface area contributed by atoms with Gasteiger partial charge in [0, 0.05) is 43.1 Å². The van der Waals surface area contributed by atoms with Crippen molar-refractivity contribution in [3.63, 3.8) is 0 Å². The van der Waals surface area contributed by atoms with Gasteiger partial charge in [-0.2, -0.15) is 5.10 Å². The number of pyridine rings is 1. The highest BCUT2D eigenvalue weighted by Crippen LogP contribution is 2.28. The van der Waals surface area contributed by atoms with E-state index in [9.17, 15) is 9.59 Å². The number of benzene rings is 2. The van der Waals surface area contributed by atoms with Gasteiger partial charge in [-0.1, -0.05) is 18.2 Å². The lowest BCUT2D eigenvalue weighted by molar-refractivity contribution is 0.0785. The summed E-state index contributed by atoms with van der Waals surface area (Å²) in [4.78, 5) is 33.2. The van der Waals surface area contributed by atoms with Gasteiger partial charge in [-0.05, 0) is 67.3 Å². The van der Waals surface area contributed by atoms with Gasteiger partial charge < -0.3 is 10.6 Å². The van der Waals surface area contributed by atoms with Gasteiger partial charge in [0.25, 0.3) is 5.91 Å². The molecular formula is C26H26N6O2. The minimum atomic E-state index is -0.538. The number of rotatable bonds is 6. The smallest absolute Gasteiger partial charge is 0.319 e. The van der Waals surface area contributed by atoms with E-state index < -0.39 is 6.03 Å². The number of nitrogens with zero attached hydrogens (tertiary/aromatic N) is 5. The predicted molar refractivity (Wildman–Crippen MR) is 131 cm³/mol. The van der Waals surface area contributed by atoms with Crippen LogP contribution in [0, 0.1) is 0 Å². The summed E-state index contributed by atoms with van der Waals surface area (Å²) in [6.07, 6.45) is 6.12. The summed E-state index contributed by atoms with van der Waals surface area (Å²) in [5, 5.41) is 5.53. The van der Waals surface area contributed by atoms with Crippen LogP contribution in [0.2, 0.25) is 0 Å². The molecule has 1 fully saturated rings. The Labute approximate surface area is 197 Å². The van der Waals surface area contributed by atoms with Crippen molar-refractivity contribution in [2.75, 3.05) is 24.5 Å². The number of nitrogens with two attached hydrogens (primary N) is 1. The first-order chi connectivity index (χ1) is 16.6. The summed E-state index contributed by atoms with van der Waals surface area (Å²) in [5.41, 5.74) is 9.42. The number of carbonyl (C=O) groups excluding carboxylic acids is 2. The molecule has 3 amide bonds. The summed E-state index contributed by atoms with van der Waals surface area (Å²) >= 11 is 0. The van der Waals surface area contributed by atoms with E-state index in [4.69, 9.17) is 10.8 Å². The van der Waals surface area contributed by atoms with Crippen molar-refractivity contribution in [2.45, 2.75) is 19.3 Å². The van der Waals surface area contributed by atoms with E-state index in [1.54, 1.807) is 17.1 Å². The zero-order valence-corrected chi connectivity index (χ0v) is 18.8. The van der Waals surface area contributed by atoms with Gasteiger partial charge in [0.2, 0.25) is 0 Å². The van der Waals surface area contributed by atoms with Crippen molar-refractivity contribution in [1.29, 1.82) is 0 Å². The van der Waals surface area contributed by atoms with Gasteiger partial charge >= 0.3 is 6.03 Å². The molecule has 1 aliphatic heterocycles. The fourth-order valence-electron chi connectivity index (χ4n) is 4.43. The summed E-state index contributed by atoms with van der Waals surface area (Å²) in [6, 6.07) is 18.4. The fourth-order valence-corrected chi connectivity index (χ4v) is 4.43. The molecule has 0 unspecified atom stereocenters. The molecule has 4 aromatic rings. The van der Waals surface area contributed by atoms with Gasteiger partial charge in [-0.15, -0.1) is 0 Å². The molecule has 2 aromatic carbocycles. The number of amides is 3. The van der Waals surface area contributed by atoms with Crippen LogP contribution in [-0.4, -0.2) is 51.2 Å². The normalized spacial score (nSPS) is 13.4. The monoisotopic (exact) mass is 454 g/mol. The SMILES string of the molecule is NC(=O)N(CCc1ccncc1)c1ccc2c(C(=O)N3CCCC3)n(-c3ccccc3)nc2c1. The molecule has 5 rings (SSSR count). The second-order valence-corrected chi connectivity index (χ2v) is 8.39. The topological polar surface area (TPSA) is 97.4 Å². The third-order valence-corrected chi connectivity index (χ3v) is 6.20. The molecule has 0 saturated carbocycles. The quantitative estimate of drug-likeness (QED) is 0.479. The molecule has 3 heterocycles. The van der Waals surface area contributed by atoms with Crippen LogP contribution < -0.4 is 10.6 Å². The Morgan fingerprint density at radius 1 is 0.971 bits per heavy atom. The van der Waals surface area contributed by atoms with Crippen molar-refractivity contribution in [2.24, 2.45) is 5.73 Å². The molecule has 172 valence electrons. The Balaban J connectivity index is 1.54. The molecule has 1 saturated heterocycles. The summed E-state index contributed by atoms with van der Waals surface area (Å²) in [6.45, 7) is 1.93. The molecular weight excluding hydrogens is 428 g/mol. The summed E-state index contributed by atoms with van der Waals surface area (Å²) in [5.74, 6) is -0.0268. The van der Waals surface area contributed by atoms with Crippen LogP contribution in [0.4, 0.5) is 10.5 Å².